The second kappa shape index (κ2) is 7.34. The Labute approximate surface area is 120 Å². The van der Waals surface area contributed by atoms with Crippen LogP contribution in [0.3, 0.4) is 0 Å². The van der Waals surface area contributed by atoms with Crippen molar-refractivity contribution in [3.8, 4) is 0 Å². The Morgan fingerprint density at radius 2 is 1.48 bits per heavy atom. The minimum absolute atomic E-state index is 0.338. The molecule has 1 saturated heterocycles. The van der Waals surface area contributed by atoms with Crippen molar-refractivity contribution < 1.29 is 43.5 Å². The molecule has 120 valence electrons. The zero-order valence-electron chi connectivity index (χ0n) is 11.8. The summed E-state index contributed by atoms with van der Waals surface area (Å²) in [7, 11) is 0. The van der Waals surface area contributed by atoms with Gasteiger partial charge in [0.05, 0.1) is 0 Å². The van der Waals surface area contributed by atoms with E-state index in [4.69, 9.17) is 18.9 Å². The van der Waals surface area contributed by atoms with Crippen molar-refractivity contribution in [2.75, 3.05) is 6.61 Å². The number of hydrogen-bond donors (Lipinski definition) is 2. The number of hydrogen-bond acceptors (Lipinski definition) is 9. The number of carbonyl (C=O) groups excluding carboxylic acids is 3. The Bertz CT molecular complexity index is 408. The van der Waals surface area contributed by atoms with Crippen LogP contribution in [-0.4, -0.2) is 65.4 Å². The average molecular weight is 306 g/mol. The predicted molar refractivity (Wildman–Crippen MR) is 64.6 cm³/mol. The minimum atomic E-state index is -1.68. The van der Waals surface area contributed by atoms with Gasteiger partial charge in [0.25, 0.3) is 0 Å². The van der Waals surface area contributed by atoms with Crippen LogP contribution in [-0.2, 0) is 33.3 Å². The monoisotopic (exact) mass is 306 g/mol. The fourth-order valence-electron chi connectivity index (χ4n) is 1.90. The van der Waals surface area contributed by atoms with Gasteiger partial charge in [-0.3, -0.25) is 14.4 Å². The third-order valence-electron chi connectivity index (χ3n) is 2.69. The topological polar surface area (TPSA) is 129 Å². The quantitative estimate of drug-likeness (QED) is 0.470. The van der Waals surface area contributed by atoms with Crippen molar-refractivity contribution >= 4 is 17.9 Å². The molecule has 9 heteroatoms. The van der Waals surface area contributed by atoms with Crippen LogP contribution in [0.5, 0.6) is 0 Å². The molecule has 1 unspecified atom stereocenters. The van der Waals surface area contributed by atoms with Crippen LogP contribution in [0.1, 0.15) is 20.8 Å². The van der Waals surface area contributed by atoms with Gasteiger partial charge in [-0.15, -0.1) is 0 Å². The van der Waals surface area contributed by atoms with E-state index in [0.717, 1.165) is 13.8 Å². The number of esters is 3. The lowest BCUT2D eigenvalue weighted by atomic mass is 9.98. The van der Waals surface area contributed by atoms with Gasteiger partial charge in [0.2, 0.25) is 0 Å². The van der Waals surface area contributed by atoms with Crippen LogP contribution in [0.2, 0.25) is 0 Å². The summed E-state index contributed by atoms with van der Waals surface area (Å²) in [5, 5.41) is 19.4. The third kappa shape index (κ3) is 4.96. The van der Waals surface area contributed by atoms with E-state index < -0.39 is 48.6 Å². The summed E-state index contributed by atoms with van der Waals surface area (Å²) in [6.45, 7) is 3.04. The summed E-state index contributed by atoms with van der Waals surface area (Å²) >= 11 is 0. The highest BCUT2D eigenvalue weighted by atomic mass is 16.7. The van der Waals surface area contributed by atoms with E-state index in [9.17, 15) is 24.6 Å². The average Bonchev–Trinajstić information content (AvgIpc) is 2.35. The second-order valence-electron chi connectivity index (χ2n) is 4.51. The largest absolute Gasteiger partial charge is 0.463 e. The maximum atomic E-state index is 11.1. The van der Waals surface area contributed by atoms with E-state index in [1.165, 1.54) is 6.92 Å². The molecular formula is C12H18O9. The van der Waals surface area contributed by atoms with E-state index in [1.807, 2.05) is 0 Å². The van der Waals surface area contributed by atoms with Crippen LogP contribution in [0.25, 0.3) is 0 Å². The second-order valence-corrected chi connectivity index (χ2v) is 4.51. The zero-order chi connectivity index (χ0) is 16.2. The molecule has 0 spiro atoms. The lowest BCUT2D eigenvalue weighted by Gasteiger charge is -2.41. The molecule has 9 nitrogen and oxygen atoms in total. The van der Waals surface area contributed by atoms with E-state index in [1.54, 1.807) is 0 Å². The minimum Gasteiger partial charge on any atom is -0.463 e. The Morgan fingerprint density at radius 3 is 1.95 bits per heavy atom. The van der Waals surface area contributed by atoms with Gasteiger partial charge in [-0.05, 0) is 0 Å². The van der Waals surface area contributed by atoms with Crippen molar-refractivity contribution in [2.24, 2.45) is 0 Å². The summed E-state index contributed by atoms with van der Waals surface area (Å²) in [4.78, 5) is 33.1. The van der Waals surface area contributed by atoms with Gasteiger partial charge in [-0.2, -0.15) is 0 Å². The summed E-state index contributed by atoms with van der Waals surface area (Å²) in [5.41, 5.74) is 0. The maximum Gasteiger partial charge on any atom is 0.303 e. The number of aliphatic hydroxyl groups excluding tert-OH is 2. The molecule has 0 aromatic carbocycles. The molecule has 0 aromatic heterocycles. The fraction of sp³-hybridized carbons (Fsp3) is 0.750. The molecule has 0 amide bonds. The molecule has 1 aliphatic heterocycles. The summed E-state index contributed by atoms with van der Waals surface area (Å²) in [6, 6.07) is 0. The first-order valence-corrected chi connectivity index (χ1v) is 6.21. The predicted octanol–water partition coefficient (Wildman–Crippen LogP) is -1.51. The third-order valence-corrected chi connectivity index (χ3v) is 2.69. The summed E-state index contributed by atoms with van der Waals surface area (Å²) in [5.74, 6) is -2.06. The lowest BCUT2D eigenvalue weighted by Crippen LogP contribution is -2.61. The van der Waals surface area contributed by atoms with Gasteiger partial charge in [0, 0.05) is 20.8 Å². The molecule has 0 aromatic rings. The standard InChI is InChI=1S/C12H18O9/c1-5(13)18-4-8-10(19-6(2)14)11(20-7(3)15)9(16)12(17)21-8/h8-12,16-17H,4H2,1-3H3/t8-,9-,10+,11+,12?/m0/s1. The maximum absolute atomic E-state index is 11.1. The van der Waals surface area contributed by atoms with Gasteiger partial charge in [-0.1, -0.05) is 0 Å². The highest BCUT2D eigenvalue weighted by Crippen LogP contribution is 2.25. The van der Waals surface area contributed by atoms with Crippen LogP contribution in [0, 0.1) is 0 Å². The molecule has 1 fully saturated rings. The van der Waals surface area contributed by atoms with Crippen LogP contribution >= 0.6 is 0 Å². The number of rotatable bonds is 4. The molecule has 2 N–H and O–H groups in total. The Balaban J connectivity index is 2.94. The van der Waals surface area contributed by atoms with Gasteiger partial charge in [-0.25, -0.2) is 0 Å². The van der Waals surface area contributed by atoms with Crippen molar-refractivity contribution in [1.29, 1.82) is 0 Å². The molecule has 0 aliphatic carbocycles. The molecule has 1 rings (SSSR count). The van der Waals surface area contributed by atoms with E-state index in [-0.39, 0.29) is 6.61 Å². The highest BCUT2D eigenvalue weighted by Gasteiger charge is 2.49. The van der Waals surface area contributed by atoms with E-state index >= 15 is 0 Å². The first kappa shape index (κ1) is 17.3. The number of ether oxygens (including phenoxy) is 4. The van der Waals surface area contributed by atoms with Crippen molar-refractivity contribution in [2.45, 2.75) is 51.5 Å². The van der Waals surface area contributed by atoms with Gasteiger partial charge in [0.15, 0.2) is 18.5 Å². The van der Waals surface area contributed by atoms with E-state index in [2.05, 4.69) is 0 Å². The van der Waals surface area contributed by atoms with Crippen LogP contribution in [0.15, 0.2) is 0 Å². The Kier molecular flexibility index (Phi) is 6.06. The van der Waals surface area contributed by atoms with Gasteiger partial charge in [0.1, 0.15) is 18.8 Å². The van der Waals surface area contributed by atoms with Crippen molar-refractivity contribution in [1.82, 2.24) is 0 Å². The first-order valence-electron chi connectivity index (χ1n) is 6.21. The fourth-order valence-corrected chi connectivity index (χ4v) is 1.90. The number of carbonyl (C=O) groups is 3. The zero-order valence-corrected chi connectivity index (χ0v) is 11.8. The SMILES string of the molecule is CC(=O)OC[C@@H]1OC(O)[C@@H](O)[C@@H](OC(C)=O)[C@@H]1OC(C)=O. The van der Waals surface area contributed by atoms with Gasteiger partial charge >= 0.3 is 17.9 Å². The lowest BCUT2D eigenvalue weighted by molar-refractivity contribution is -0.293. The molecular weight excluding hydrogens is 288 g/mol. The summed E-state index contributed by atoms with van der Waals surface area (Å²) < 4.78 is 19.6. The first-order chi connectivity index (χ1) is 9.72. The smallest absolute Gasteiger partial charge is 0.303 e. The normalized spacial score (nSPS) is 32.1. The Hall–Kier alpha value is -1.71. The van der Waals surface area contributed by atoms with E-state index in [0.29, 0.717) is 0 Å². The molecule has 0 radical (unpaired) electrons. The summed E-state index contributed by atoms with van der Waals surface area (Å²) in [6.07, 6.45) is -6.92. The molecule has 1 aliphatic rings. The highest BCUT2D eigenvalue weighted by molar-refractivity contribution is 5.67. The molecule has 0 saturated carbocycles. The van der Waals surface area contributed by atoms with Crippen LogP contribution in [0.4, 0.5) is 0 Å². The van der Waals surface area contributed by atoms with Gasteiger partial charge < -0.3 is 29.2 Å². The molecule has 1 heterocycles. The number of aliphatic hydroxyl groups is 2. The van der Waals surface area contributed by atoms with Crippen molar-refractivity contribution in [3.05, 3.63) is 0 Å². The molecule has 5 atom stereocenters. The molecule has 0 bridgehead atoms. The van der Waals surface area contributed by atoms with Crippen molar-refractivity contribution in [3.63, 3.8) is 0 Å². The molecule has 21 heavy (non-hydrogen) atoms. The Morgan fingerprint density at radius 1 is 0.952 bits per heavy atom. The van der Waals surface area contributed by atoms with Crippen LogP contribution < -0.4 is 0 Å².